The van der Waals surface area contributed by atoms with Crippen molar-refractivity contribution in [1.82, 2.24) is 0 Å². The maximum absolute atomic E-state index is 8.66. The van der Waals surface area contributed by atoms with Gasteiger partial charge in [-0.25, -0.2) is 0 Å². The van der Waals surface area contributed by atoms with E-state index in [4.69, 9.17) is 28.2 Å². The Bertz CT molecular complexity index is 185. The van der Waals surface area contributed by atoms with Gasteiger partial charge in [-0.15, -0.1) is 0 Å². The van der Waals surface area contributed by atoms with Crippen LogP contribution in [0.4, 0.5) is 0 Å². The summed E-state index contributed by atoms with van der Waals surface area (Å²) in [6.45, 7) is -0.264. The maximum atomic E-state index is 8.66. The van der Waals surface area contributed by atoms with Crippen LogP contribution in [0.25, 0.3) is 0 Å². The Morgan fingerprint density at radius 3 is 2.45 bits per heavy atom. The molecule has 0 spiro atoms. The highest BCUT2D eigenvalue weighted by molar-refractivity contribution is 6.29. The van der Waals surface area contributed by atoms with Crippen LogP contribution < -0.4 is 11.5 Å². The molecule has 0 aromatic heterocycles. The second-order valence-corrected chi connectivity index (χ2v) is 2.19. The Balaban J connectivity index is 4.44. The van der Waals surface area contributed by atoms with Crippen LogP contribution in [0.5, 0.6) is 0 Å². The monoisotopic (exact) mass is 178 g/mol. The minimum absolute atomic E-state index is 0.00694. The summed E-state index contributed by atoms with van der Waals surface area (Å²) < 4.78 is 4.61. The molecule has 0 aromatic carbocycles. The summed E-state index contributed by atoms with van der Waals surface area (Å²) in [5.74, 6) is 0.151. The Morgan fingerprint density at radius 2 is 2.18 bits per heavy atom. The quantitative estimate of drug-likeness (QED) is 0.319. The van der Waals surface area contributed by atoms with Crippen molar-refractivity contribution < 1.29 is 9.84 Å². The van der Waals surface area contributed by atoms with Gasteiger partial charge in [0.2, 0.25) is 0 Å². The van der Waals surface area contributed by atoms with Gasteiger partial charge in [0.05, 0.1) is 13.7 Å². The number of rotatable bonds is 3. The first kappa shape index (κ1) is 10.1. The zero-order valence-electron chi connectivity index (χ0n) is 6.17. The first-order valence-electron chi connectivity index (χ1n) is 2.88. The molecule has 0 fully saturated rings. The van der Waals surface area contributed by atoms with Gasteiger partial charge in [-0.3, -0.25) is 0 Å². The molecule has 0 heterocycles. The van der Waals surface area contributed by atoms with E-state index in [0.717, 1.165) is 0 Å². The number of aliphatic hydroxyl groups is 1. The van der Waals surface area contributed by atoms with Gasteiger partial charge in [-0.1, -0.05) is 11.6 Å². The lowest BCUT2D eigenvalue weighted by Gasteiger charge is -2.01. The molecular formula is C6H11ClN2O2. The predicted octanol–water partition coefficient (Wildman–Crippen LogP) is -0.166. The molecule has 0 aromatic rings. The Labute approximate surface area is 70.1 Å². The van der Waals surface area contributed by atoms with Crippen molar-refractivity contribution in [2.75, 3.05) is 13.7 Å². The molecule has 11 heavy (non-hydrogen) atoms. The fourth-order valence-electron chi connectivity index (χ4n) is 0.421. The SMILES string of the molecule is CO/C(N)=C/C(CO)=C(\N)Cl. The first-order chi connectivity index (χ1) is 5.11. The molecule has 0 amide bonds. The number of methoxy groups -OCH3 is 1. The smallest absolute Gasteiger partial charge is 0.184 e. The van der Waals surface area contributed by atoms with Crippen LogP contribution in [0.15, 0.2) is 22.7 Å². The van der Waals surface area contributed by atoms with Gasteiger partial charge in [0, 0.05) is 11.6 Å². The molecule has 0 aliphatic heterocycles. The summed E-state index contributed by atoms with van der Waals surface area (Å²) in [5.41, 5.74) is 10.8. The third kappa shape index (κ3) is 3.75. The van der Waals surface area contributed by atoms with Gasteiger partial charge in [-0.05, 0) is 0 Å². The normalized spacial score (nSPS) is 14.3. The van der Waals surface area contributed by atoms with Crippen LogP contribution in [0.1, 0.15) is 0 Å². The van der Waals surface area contributed by atoms with Crippen molar-refractivity contribution in [3.05, 3.63) is 22.7 Å². The minimum atomic E-state index is -0.264. The van der Waals surface area contributed by atoms with E-state index >= 15 is 0 Å². The maximum Gasteiger partial charge on any atom is 0.184 e. The van der Waals surface area contributed by atoms with E-state index in [1.807, 2.05) is 0 Å². The van der Waals surface area contributed by atoms with Crippen molar-refractivity contribution in [2.24, 2.45) is 11.5 Å². The second kappa shape index (κ2) is 4.87. The molecule has 0 rings (SSSR count). The topological polar surface area (TPSA) is 81.5 Å². The van der Waals surface area contributed by atoms with Crippen molar-refractivity contribution in [1.29, 1.82) is 0 Å². The summed E-state index contributed by atoms with van der Waals surface area (Å²) in [6, 6.07) is 0. The molecule has 0 aliphatic carbocycles. The Hall–Kier alpha value is -0.870. The third-order valence-corrected chi connectivity index (χ3v) is 1.27. The zero-order chi connectivity index (χ0) is 8.85. The molecular weight excluding hydrogens is 168 g/mol. The van der Waals surface area contributed by atoms with Crippen LogP contribution in [0.3, 0.4) is 0 Å². The number of hydrogen-bond acceptors (Lipinski definition) is 4. The van der Waals surface area contributed by atoms with E-state index in [0.29, 0.717) is 5.57 Å². The summed E-state index contributed by atoms with van der Waals surface area (Å²) >= 11 is 5.39. The van der Waals surface area contributed by atoms with Crippen LogP contribution >= 0.6 is 11.6 Å². The van der Waals surface area contributed by atoms with Crippen molar-refractivity contribution in [3.8, 4) is 0 Å². The molecule has 64 valence electrons. The van der Waals surface area contributed by atoms with Crippen molar-refractivity contribution in [3.63, 3.8) is 0 Å². The number of ether oxygens (including phenoxy) is 1. The third-order valence-electron chi connectivity index (χ3n) is 1.03. The van der Waals surface area contributed by atoms with Crippen LogP contribution in [0, 0.1) is 0 Å². The molecule has 5 heteroatoms. The fraction of sp³-hybridized carbons (Fsp3) is 0.333. The van der Waals surface area contributed by atoms with Gasteiger partial charge in [0.15, 0.2) is 5.88 Å². The molecule has 0 saturated carbocycles. The number of nitrogens with two attached hydrogens (primary N) is 2. The van der Waals surface area contributed by atoms with Gasteiger partial charge in [0.25, 0.3) is 0 Å². The largest absolute Gasteiger partial charge is 0.483 e. The number of halogens is 1. The molecule has 0 aliphatic rings. The molecule has 0 atom stereocenters. The van der Waals surface area contributed by atoms with Crippen molar-refractivity contribution in [2.45, 2.75) is 0 Å². The minimum Gasteiger partial charge on any atom is -0.483 e. The van der Waals surface area contributed by atoms with E-state index < -0.39 is 0 Å². The molecule has 0 saturated heterocycles. The second-order valence-electron chi connectivity index (χ2n) is 1.78. The highest BCUT2D eigenvalue weighted by Crippen LogP contribution is 2.05. The average molecular weight is 179 g/mol. The highest BCUT2D eigenvalue weighted by atomic mass is 35.5. The Morgan fingerprint density at radius 1 is 1.64 bits per heavy atom. The van der Waals surface area contributed by atoms with E-state index in [1.165, 1.54) is 13.2 Å². The van der Waals surface area contributed by atoms with Crippen molar-refractivity contribution >= 4 is 11.6 Å². The molecule has 0 bridgehead atoms. The molecule has 0 radical (unpaired) electrons. The predicted molar refractivity (Wildman–Crippen MR) is 43.4 cm³/mol. The lowest BCUT2D eigenvalue weighted by Crippen LogP contribution is -2.04. The fourth-order valence-corrected chi connectivity index (χ4v) is 0.535. The van der Waals surface area contributed by atoms with E-state index in [1.54, 1.807) is 0 Å². The summed E-state index contributed by atoms with van der Waals surface area (Å²) in [5, 5.41) is 8.67. The van der Waals surface area contributed by atoms with Gasteiger partial charge < -0.3 is 21.3 Å². The summed E-state index contributed by atoms with van der Waals surface area (Å²) in [6.07, 6.45) is 1.36. The number of hydrogen-bond donors (Lipinski definition) is 3. The zero-order valence-corrected chi connectivity index (χ0v) is 6.93. The lowest BCUT2D eigenvalue weighted by atomic mass is 10.3. The standard InChI is InChI=1S/C6H11ClN2O2/c1-11-5(8)2-4(3-10)6(7)9/h2,10H,3,8-9H2,1H3/b5-2+,6-4+. The van der Waals surface area contributed by atoms with Crippen LogP contribution in [-0.2, 0) is 4.74 Å². The van der Waals surface area contributed by atoms with E-state index in [9.17, 15) is 0 Å². The summed E-state index contributed by atoms with van der Waals surface area (Å²) in [4.78, 5) is 0. The van der Waals surface area contributed by atoms with Crippen LogP contribution in [-0.4, -0.2) is 18.8 Å². The van der Waals surface area contributed by atoms with Gasteiger partial charge in [-0.2, -0.15) is 0 Å². The van der Waals surface area contributed by atoms with Gasteiger partial charge >= 0.3 is 0 Å². The Kier molecular flexibility index (Phi) is 4.49. The van der Waals surface area contributed by atoms with E-state index in [-0.39, 0.29) is 17.6 Å². The molecule has 5 N–H and O–H groups in total. The average Bonchev–Trinajstić information content (AvgIpc) is 1.99. The lowest BCUT2D eigenvalue weighted by molar-refractivity contribution is 0.284. The first-order valence-corrected chi connectivity index (χ1v) is 3.25. The molecule has 4 nitrogen and oxygen atoms in total. The number of aliphatic hydroxyl groups excluding tert-OH is 1. The highest BCUT2D eigenvalue weighted by Gasteiger charge is 1.97. The van der Waals surface area contributed by atoms with Crippen LogP contribution in [0.2, 0.25) is 0 Å². The van der Waals surface area contributed by atoms with Gasteiger partial charge in [0.1, 0.15) is 5.16 Å². The molecule has 0 unspecified atom stereocenters. The van der Waals surface area contributed by atoms with E-state index in [2.05, 4.69) is 4.74 Å². The summed E-state index contributed by atoms with van der Waals surface area (Å²) in [7, 11) is 1.41.